The van der Waals surface area contributed by atoms with Crippen LogP contribution in [-0.4, -0.2) is 44.4 Å². The fourth-order valence-electron chi connectivity index (χ4n) is 3.99. The second-order valence-corrected chi connectivity index (χ2v) is 8.69. The van der Waals surface area contributed by atoms with E-state index in [1.165, 1.54) is 0 Å². The Hall–Kier alpha value is -4.03. The Balaban J connectivity index is 1.39. The average Bonchev–Trinajstić information content (AvgIpc) is 3.17. The maximum absolute atomic E-state index is 9.41. The van der Waals surface area contributed by atoms with Gasteiger partial charge in [0.1, 0.15) is 22.8 Å². The van der Waals surface area contributed by atoms with Crippen molar-refractivity contribution in [1.82, 2.24) is 24.6 Å². The van der Waals surface area contributed by atoms with Crippen LogP contribution in [0.4, 0.5) is 11.6 Å². The number of nitrogens with zero attached hydrogens (tertiary/aromatic N) is 6. The van der Waals surface area contributed by atoms with Gasteiger partial charge in [-0.3, -0.25) is 4.98 Å². The SMILES string of the molecule is Cc1cc(-c2ccn3nc(Nc4cc(C)nc(C)n4)cc3c2)c(OCCC2(C#N)COC2)cn1. The van der Waals surface area contributed by atoms with Crippen molar-refractivity contribution in [3.8, 4) is 22.9 Å². The van der Waals surface area contributed by atoms with Crippen LogP contribution in [0.2, 0.25) is 0 Å². The van der Waals surface area contributed by atoms with Crippen LogP contribution in [0.1, 0.15) is 23.6 Å². The summed E-state index contributed by atoms with van der Waals surface area (Å²) < 4.78 is 13.1. The highest BCUT2D eigenvalue weighted by atomic mass is 16.5. The predicted molar refractivity (Wildman–Crippen MR) is 127 cm³/mol. The molecule has 0 atom stereocenters. The summed E-state index contributed by atoms with van der Waals surface area (Å²) in [5.74, 6) is 2.80. The lowest BCUT2D eigenvalue weighted by molar-refractivity contribution is -0.0855. The molecule has 5 rings (SSSR count). The molecule has 9 heteroatoms. The molecule has 9 nitrogen and oxygen atoms in total. The Bertz CT molecular complexity index is 1380. The van der Waals surface area contributed by atoms with Crippen LogP contribution in [0.15, 0.2) is 42.7 Å². The first-order valence-corrected chi connectivity index (χ1v) is 11.1. The van der Waals surface area contributed by atoms with E-state index in [1.54, 1.807) is 6.20 Å². The van der Waals surface area contributed by atoms with E-state index in [0.717, 1.165) is 28.0 Å². The molecule has 0 unspecified atom stereocenters. The van der Waals surface area contributed by atoms with Crippen LogP contribution >= 0.6 is 0 Å². The van der Waals surface area contributed by atoms with Crippen molar-refractivity contribution in [2.75, 3.05) is 25.1 Å². The molecule has 1 fully saturated rings. The molecular weight excluding hydrogens is 430 g/mol. The summed E-state index contributed by atoms with van der Waals surface area (Å²) in [7, 11) is 0. The van der Waals surface area contributed by atoms with Crippen LogP contribution in [0, 0.1) is 37.5 Å². The molecule has 1 N–H and O–H groups in total. The Morgan fingerprint density at radius 1 is 1.12 bits per heavy atom. The third-order valence-corrected chi connectivity index (χ3v) is 5.83. The van der Waals surface area contributed by atoms with Gasteiger partial charge in [0, 0.05) is 41.7 Å². The minimum atomic E-state index is -0.432. The average molecular weight is 456 g/mol. The van der Waals surface area contributed by atoms with Gasteiger partial charge in [0.25, 0.3) is 0 Å². The van der Waals surface area contributed by atoms with E-state index < -0.39 is 5.41 Å². The number of hydrogen-bond acceptors (Lipinski definition) is 8. The van der Waals surface area contributed by atoms with Crippen LogP contribution in [-0.2, 0) is 4.74 Å². The first-order chi connectivity index (χ1) is 16.4. The number of anilines is 2. The predicted octanol–water partition coefficient (Wildman–Crippen LogP) is 4.16. The van der Waals surface area contributed by atoms with Gasteiger partial charge < -0.3 is 14.8 Å². The molecule has 0 aliphatic carbocycles. The van der Waals surface area contributed by atoms with Crippen molar-refractivity contribution in [2.45, 2.75) is 27.2 Å². The second-order valence-electron chi connectivity index (χ2n) is 8.69. The standard InChI is InChI=1S/C25H25N7O2/c1-16-8-21(22(12-27-16)34-7-5-25(13-26)14-33-15-25)19-4-6-32-20(10-19)11-24(31-32)30-23-9-17(2)28-18(3)29-23/h4,6,8-12H,5,7,14-15H2,1-3H3,(H,28,29,30,31). The molecule has 172 valence electrons. The lowest BCUT2D eigenvalue weighted by Gasteiger charge is -2.34. The second kappa shape index (κ2) is 8.72. The molecule has 1 aliphatic rings. The van der Waals surface area contributed by atoms with Crippen LogP contribution in [0.3, 0.4) is 0 Å². The Morgan fingerprint density at radius 3 is 2.71 bits per heavy atom. The number of fused-ring (bicyclic) bond motifs is 1. The van der Waals surface area contributed by atoms with E-state index in [4.69, 9.17) is 9.47 Å². The summed E-state index contributed by atoms with van der Waals surface area (Å²) in [4.78, 5) is 13.1. The maximum Gasteiger partial charge on any atom is 0.154 e. The molecule has 0 aromatic carbocycles. The first kappa shape index (κ1) is 21.8. The van der Waals surface area contributed by atoms with Crippen LogP contribution < -0.4 is 10.1 Å². The van der Waals surface area contributed by atoms with Crippen molar-refractivity contribution in [1.29, 1.82) is 5.26 Å². The normalized spacial score (nSPS) is 14.4. The van der Waals surface area contributed by atoms with Gasteiger partial charge in [0.2, 0.25) is 0 Å². The molecular formula is C25H25N7O2. The van der Waals surface area contributed by atoms with Gasteiger partial charge in [-0.25, -0.2) is 14.5 Å². The molecule has 5 heterocycles. The minimum Gasteiger partial charge on any atom is -0.491 e. The number of pyridine rings is 2. The van der Waals surface area contributed by atoms with E-state index in [-0.39, 0.29) is 0 Å². The Kier molecular flexibility index (Phi) is 5.59. The summed E-state index contributed by atoms with van der Waals surface area (Å²) >= 11 is 0. The minimum absolute atomic E-state index is 0.426. The van der Waals surface area contributed by atoms with Crippen LogP contribution in [0.5, 0.6) is 5.75 Å². The third kappa shape index (κ3) is 4.40. The highest BCUT2D eigenvalue weighted by molar-refractivity contribution is 5.75. The van der Waals surface area contributed by atoms with Gasteiger partial charge in [-0.1, -0.05) is 0 Å². The van der Waals surface area contributed by atoms with Gasteiger partial charge >= 0.3 is 0 Å². The number of ether oxygens (including phenoxy) is 2. The molecule has 4 aromatic heterocycles. The van der Waals surface area contributed by atoms with Crippen molar-refractivity contribution >= 4 is 17.2 Å². The monoisotopic (exact) mass is 455 g/mol. The van der Waals surface area contributed by atoms with E-state index in [9.17, 15) is 5.26 Å². The Morgan fingerprint density at radius 2 is 1.97 bits per heavy atom. The molecule has 0 spiro atoms. The maximum atomic E-state index is 9.41. The molecule has 0 amide bonds. The van der Waals surface area contributed by atoms with Crippen molar-refractivity contribution < 1.29 is 9.47 Å². The van der Waals surface area contributed by atoms with Crippen molar-refractivity contribution in [3.05, 3.63) is 59.9 Å². The summed E-state index contributed by atoms with van der Waals surface area (Å²) in [5, 5.41) is 17.3. The van der Waals surface area contributed by atoms with Gasteiger partial charge in [0.05, 0.1) is 37.6 Å². The smallest absolute Gasteiger partial charge is 0.154 e. The number of aromatic nitrogens is 5. The summed E-state index contributed by atoms with van der Waals surface area (Å²) in [6.45, 7) is 7.11. The largest absolute Gasteiger partial charge is 0.491 e. The summed E-state index contributed by atoms with van der Waals surface area (Å²) in [5.41, 5.74) is 4.23. The molecule has 0 bridgehead atoms. The van der Waals surface area contributed by atoms with Gasteiger partial charge in [-0.15, -0.1) is 0 Å². The van der Waals surface area contributed by atoms with Gasteiger partial charge in [-0.05, 0) is 44.5 Å². The van der Waals surface area contributed by atoms with E-state index >= 15 is 0 Å². The molecule has 0 radical (unpaired) electrons. The molecule has 1 aliphatic heterocycles. The zero-order valence-electron chi connectivity index (χ0n) is 19.4. The topological polar surface area (TPSA) is 110 Å². The lowest BCUT2D eigenvalue weighted by atomic mass is 9.85. The van der Waals surface area contributed by atoms with Crippen molar-refractivity contribution in [3.63, 3.8) is 0 Å². The zero-order valence-corrected chi connectivity index (χ0v) is 19.4. The molecule has 4 aromatic rings. The number of nitriles is 1. The van der Waals surface area contributed by atoms with Crippen LogP contribution in [0.25, 0.3) is 16.6 Å². The highest BCUT2D eigenvalue weighted by Crippen LogP contribution is 2.34. The molecule has 0 saturated carbocycles. The number of rotatable bonds is 7. The fraction of sp³-hybridized carbons (Fsp3) is 0.320. The fourth-order valence-corrected chi connectivity index (χ4v) is 3.99. The van der Waals surface area contributed by atoms with Gasteiger partial charge in [-0.2, -0.15) is 10.4 Å². The number of aryl methyl sites for hydroxylation is 3. The van der Waals surface area contributed by atoms with E-state index in [1.807, 2.05) is 55.7 Å². The number of hydrogen-bond donors (Lipinski definition) is 1. The summed E-state index contributed by atoms with van der Waals surface area (Å²) in [6, 6.07) is 12.3. The van der Waals surface area contributed by atoms with E-state index in [2.05, 4.69) is 37.5 Å². The Labute approximate surface area is 197 Å². The quantitative estimate of drug-likeness (QED) is 0.442. The number of nitrogens with one attached hydrogen (secondary N) is 1. The highest BCUT2D eigenvalue weighted by Gasteiger charge is 2.38. The van der Waals surface area contributed by atoms with Crippen molar-refractivity contribution in [2.24, 2.45) is 5.41 Å². The molecule has 34 heavy (non-hydrogen) atoms. The zero-order chi connectivity index (χ0) is 23.7. The first-order valence-electron chi connectivity index (χ1n) is 11.1. The molecule has 1 saturated heterocycles. The summed E-state index contributed by atoms with van der Waals surface area (Å²) in [6.07, 6.45) is 4.28. The lowest BCUT2D eigenvalue weighted by Crippen LogP contribution is -2.42. The van der Waals surface area contributed by atoms with E-state index in [0.29, 0.717) is 49.5 Å². The third-order valence-electron chi connectivity index (χ3n) is 5.83. The van der Waals surface area contributed by atoms with Gasteiger partial charge in [0.15, 0.2) is 5.82 Å².